The zero-order valence-electron chi connectivity index (χ0n) is 11.1. The molecule has 2 aromatic carbocycles. The van der Waals surface area contributed by atoms with Crippen LogP contribution in [-0.2, 0) is 15.6 Å². The van der Waals surface area contributed by atoms with E-state index >= 15 is 0 Å². The third-order valence-electron chi connectivity index (χ3n) is 2.83. The van der Waals surface area contributed by atoms with Crippen molar-refractivity contribution in [2.45, 2.75) is 12.7 Å². The van der Waals surface area contributed by atoms with Crippen molar-refractivity contribution in [3.05, 3.63) is 75.1 Å². The van der Waals surface area contributed by atoms with Crippen molar-refractivity contribution >= 4 is 31.8 Å². The molecule has 0 aromatic heterocycles. The molecular formula is C16H15BrO2S. The maximum Gasteiger partial charge on any atom is 0.175 e. The molecule has 2 rings (SSSR count). The third-order valence-corrected chi connectivity index (χ3v) is 4.64. The van der Waals surface area contributed by atoms with Gasteiger partial charge >= 0.3 is 0 Å². The van der Waals surface area contributed by atoms with Gasteiger partial charge in [0.05, 0.1) is 5.75 Å². The Morgan fingerprint density at radius 3 is 2.20 bits per heavy atom. The summed E-state index contributed by atoms with van der Waals surface area (Å²) in [5.74, 6) is 0.0281. The molecule has 2 aromatic rings. The van der Waals surface area contributed by atoms with Gasteiger partial charge in [0.25, 0.3) is 0 Å². The predicted octanol–water partition coefficient (Wildman–Crippen LogP) is 4.34. The number of hydrogen-bond donors (Lipinski definition) is 0. The monoisotopic (exact) mass is 350 g/mol. The van der Waals surface area contributed by atoms with E-state index in [9.17, 15) is 8.42 Å². The molecule has 0 spiro atoms. The molecule has 0 heterocycles. The maximum absolute atomic E-state index is 12.0. The second-order valence-corrected chi connectivity index (χ2v) is 7.45. The van der Waals surface area contributed by atoms with Crippen molar-refractivity contribution in [1.82, 2.24) is 0 Å². The molecule has 0 saturated carbocycles. The lowest BCUT2D eigenvalue weighted by molar-refractivity contribution is 0.604. The van der Waals surface area contributed by atoms with Crippen molar-refractivity contribution in [2.75, 3.05) is 0 Å². The van der Waals surface area contributed by atoms with E-state index in [1.807, 2.05) is 55.5 Å². The molecule has 20 heavy (non-hydrogen) atoms. The highest BCUT2D eigenvalue weighted by Gasteiger charge is 2.07. The fourth-order valence-electron chi connectivity index (χ4n) is 1.72. The lowest BCUT2D eigenvalue weighted by Gasteiger charge is -2.01. The molecular weight excluding hydrogens is 336 g/mol. The van der Waals surface area contributed by atoms with Gasteiger partial charge in [-0.15, -0.1) is 0 Å². The fraction of sp³-hybridized carbons (Fsp3) is 0.125. The largest absolute Gasteiger partial charge is 0.224 e. The fourth-order valence-corrected chi connectivity index (χ4v) is 3.10. The van der Waals surface area contributed by atoms with Gasteiger partial charge in [0.2, 0.25) is 0 Å². The maximum atomic E-state index is 12.0. The van der Waals surface area contributed by atoms with Crippen molar-refractivity contribution in [2.24, 2.45) is 0 Å². The molecule has 0 atom stereocenters. The van der Waals surface area contributed by atoms with Crippen molar-refractivity contribution in [3.63, 3.8) is 0 Å². The van der Waals surface area contributed by atoms with Crippen LogP contribution in [0.3, 0.4) is 0 Å². The highest BCUT2D eigenvalue weighted by Crippen LogP contribution is 2.14. The van der Waals surface area contributed by atoms with E-state index in [0.29, 0.717) is 0 Å². The molecule has 0 fully saturated rings. The Morgan fingerprint density at radius 1 is 1.00 bits per heavy atom. The van der Waals surface area contributed by atoms with Crippen LogP contribution in [0, 0.1) is 6.92 Å². The van der Waals surface area contributed by atoms with Gasteiger partial charge in [0.1, 0.15) is 0 Å². The topological polar surface area (TPSA) is 34.1 Å². The summed E-state index contributed by atoms with van der Waals surface area (Å²) < 4.78 is 25.0. The molecule has 0 N–H and O–H groups in total. The first kappa shape index (κ1) is 15.0. The zero-order chi connectivity index (χ0) is 14.6. The van der Waals surface area contributed by atoms with Crippen LogP contribution in [-0.4, -0.2) is 8.42 Å². The van der Waals surface area contributed by atoms with Gasteiger partial charge in [-0.3, -0.25) is 0 Å². The van der Waals surface area contributed by atoms with Crippen molar-refractivity contribution in [1.29, 1.82) is 0 Å². The Morgan fingerprint density at radius 2 is 1.60 bits per heavy atom. The Bertz CT molecular complexity index is 699. The minimum absolute atomic E-state index is 0.0281. The van der Waals surface area contributed by atoms with Gasteiger partial charge in [-0.2, -0.15) is 0 Å². The molecule has 0 saturated heterocycles. The van der Waals surface area contributed by atoms with E-state index < -0.39 is 9.84 Å². The molecule has 0 bridgehead atoms. The highest BCUT2D eigenvalue weighted by atomic mass is 79.9. The number of benzene rings is 2. The van der Waals surface area contributed by atoms with Crippen LogP contribution in [0.4, 0.5) is 0 Å². The normalized spacial score (nSPS) is 11.9. The molecule has 4 heteroatoms. The summed E-state index contributed by atoms with van der Waals surface area (Å²) in [6, 6.07) is 15.0. The predicted molar refractivity (Wildman–Crippen MR) is 87.0 cm³/mol. The standard InChI is InChI=1S/C16H15BrO2S/c1-13-2-4-15(5-3-13)12-20(18,19)11-10-14-6-8-16(17)9-7-14/h2-11H,12H2,1H3. The first-order valence-corrected chi connectivity index (χ1v) is 8.67. The average molecular weight is 351 g/mol. The van der Waals surface area contributed by atoms with Crippen LogP contribution in [0.5, 0.6) is 0 Å². The molecule has 2 nitrogen and oxygen atoms in total. The quantitative estimate of drug-likeness (QED) is 0.821. The van der Waals surface area contributed by atoms with Gasteiger partial charge in [-0.05, 0) is 36.3 Å². The lowest BCUT2D eigenvalue weighted by Crippen LogP contribution is -1.99. The minimum Gasteiger partial charge on any atom is -0.224 e. The van der Waals surface area contributed by atoms with Crippen molar-refractivity contribution < 1.29 is 8.42 Å². The molecule has 0 aliphatic carbocycles. The van der Waals surface area contributed by atoms with Crippen LogP contribution in [0.1, 0.15) is 16.7 Å². The van der Waals surface area contributed by atoms with E-state index in [1.165, 1.54) is 5.41 Å². The second-order valence-electron chi connectivity index (χ2n) is 4.65. The number of halogens is 1. The first-order chi connectivity index (χ1) is 9.44. The number of rotatable bonds is 4. The zero-order valence-corrected chi connectivity index (χ0v) is 13.5. The van der Waals surface area contributed by atoms with E-state index in [1.54, 1.807) is 6.08 Å². The minimum atomic E-state index is -3.25. The molecule has 0 radical (unpaired) electrons. The number of hydrogen-bond acceptors (Lipinski definition) is 2. The summed E-state index contributed by atoms with van der Waals surface area (Å²) >= 11 is 3.34. The van der Waals surface area contributed by atoms with Gasteiger partial charge in [0.15, 0.2) is 9.84 Å². The Kier molecular flexibility index (Phi) is 4.78. The Hall–Kier alpha value is -1.39. The van der Waals surface area contributed by atoms with Crippen LogP contribution in [0.25, 0.3) is 6.08 Å². The van der Waals surface area contributed by atoms with Crippen LogP contribution in [0.15, 0.2) is 58.4 Å². The summed E-state index contributed by atoms with van der Waals surface area (Å²) in [6.07, 6.45) is 1.62. The van der Waals surface area contributed by atoms with E-state index in [4.69, 9.17) is 0 Å². The summed E-state index contributed by atoms with van der Waals surface area (Å²) in [5, 5.41) is 1.27. The SMILES string of the molecule is Cc1ccc(CS(=O)(=O)C=Cc2ccc(Br)cc2)cc1. The molecule has 0 amide bonds. The molecule has 0 aliphatic rings. The van der Waals surface area contributed by atoms with Crippen LogP contribution < -0.4 is 0 Å². The second kappa shape index (κ2) is 6.37. The first-order valence-electron chi connectivity index (χ1n) is 6.16. The van der Waals surface area contributed by atoms with Gasteiger partial charge in [0, 0.05) is 9.88 Å². The van der Waals surface area contributed by atoms with E-state index in [0.717, 1.165) is 21.2 Å². The number of aryl methyl sites for hydroxylation is 1. The third kappa shape index (κ3) is 4.62. The highest BCUT2D eigenvalue weighted by molar-refractivity contribution is 9.10. The molecule has 0 aliphatic heterocycles. The lowest BCUT2D eigenvalue weighted by atomic mass is 10.2. The Labute approximate surface area is 128 Å². The average Bonchev–Trinajstić information content (AvgIpc) is 2.41. The summed E-state index contributed by atoms with van der Waals surface area (Å²) in [7, 11) is -3.25. The van der Waals surface area contributed by atoms with Crippen LogP contribution >= 0.6 is 15.9 Å². The summed E-state index contributed by atoms with van der Waals surface area (Å²) in [4.78, 5) is 0. The van der Waals surface area contributed by atoms with Gasteiger partial charge in [-0.25, -0.2) is 8.42 Å². The number of sulfone groups is 1. The van der Waals surface area contributed by atoms with E-state index in [-0.39, 0.29) is 5.75 Å². The molecule has 0 unspecified atom stereocenters. The Balaban J connectivity index is 2.11. The van der Waals surface area contributed by atoms with Crippen LogP contribution in [0.2, 0.25) is 0 Å². The summed E-state index contributed by atoms with van der Waals surface area (Å²) in [5.41, 5.74) is 2.79. The van der Waals surface area contributed by atoms with Gasteiger partial charge in [-0.1, -0.05) is 57.9 Å². The molecule has 104 valence electrons. The summed E-state index contributed by atoms with van der Waals surface area (Å²) in [6.45, 7) is 1.98. The van der Waals surface area contributed by atoms with E-state index in [2.05, 4.69) is 15.9 Å². The smallest absolute Gasteiger partial charge is 0.175 e. The van der Waals surface area contributed by atoms with Gasteiger partial charge < -0.3 is 0 Å². The van der Waals surface area contributed by atoms with Crippen molar-refractivity contribution in [3.8, 4) is 0 Å².